The second kappa shape index (κ2) is 5.58. The quantitative estimate of drug-likeness (QED) is 0.871. The Bertz CT molecular complexity index is 536. The number of rotatable bonds is 5. The first-order valence-corrected chi connectivity index (χ1v) is 6.99. The van der Waals surface area contributed by atoms with Gasteiger partial charge in [0.25, 0.3) is 5.91 Å². The highest BCUT2D eigenvalue weighted by molar-refractivity contribution is 6.00. The molecule has 0 spiro atoms. The van der Waals surface area contributed by atoms with Crippen molar-refractivity contribution in [2.24, 2.45) is 5.41 Å². The smallest absolute Gasteiger partial charge is 0.387 e. The molecule has 2 N–H and O–H groups in total. The standard InChI is InChI=1S/C15H19F3N2O/c1-3-14(7-8-14)9-20-13(21)10-5-4-6-11(12(10)19-2)15(16,17)18/h4-6,19H,3,7-9H2,1-2H3,(H,20,21). The highest BCUT2D eigenvalue weighted by Crippen LogP contribution is 2.48. The summed E-state index contributed by atoms with van der Waals surface area (Å²) in [5.74, 6) is -0.467. The van der Waals surface area contributed by atoms with Crippen LogP contribution in [0.2, 0.25) is 0 Å². The van der Waals surface area contributed by atoms with E-state index in [1.807, 2.05) is 0 Å². The fourth-order valence-electron chi connectivity index (χ4n) is 2.44. The average molecular weight is 300 g/mol. The number of carbonyl (C=O) groups excluding carboxylic acids is 1. The Morgan fingerprint density at radius 2 is 2.00 bits per heavy atom. The summed E-state index contributed by atoms with van der Waals surface area (Å²) < 4.78 is 38.8. The Morgan fingerprint density at radius 3 is 2.48 bits per heavy atom. The number of halogens is 3. The van der Waals surface area contributed by atoms with Crippen molar-refractivity contribution >= 4 is 11.6 Å². The van der Waals surface area contributed by atoms with E-state index in [1.165, 1.54) is 19.2 Å². The van der Waals surface area contributed by atoms with E-state index < -0.39 is 17.6 Å². The van der Waals surface area contributed by atoms with Gasteiger partial charge in [-0.05, 0) is 36.8 Å². The zero-order valence-electron chi connectivity index (χ0n) is 12.1. The van der Waals surface area contributed by atoms with Gasteiger partial charge in [0, 0.05) is 13.6 Å². The second-order valence-electron chi connectivity index (χ2n) is 5.51. The molecule has 1 aromatic carbocycles. The van der Waals surface area contributed by atoms with Crippen molar-refractivity contribution in [2.45, 2.75) is 32.4 Å². The molecule has 2 rings (SSSR count). The fourth-order valence-corrected chi connectivity index (χ4v) is 2.44. The van der Waals surface area contributed by atoms with Crippen molar-refractivity contribution in [2.75, 3.05) is 18.9 Å². The Hall–Kier alpha value is -1.72. The number of nitrogens with one attached hydrogen (secondary N) is 2. The van der Waals surface area contributed by atoms with Gasteiger partial charge in [-0.3, -0.25) is 4.79 Å². The maximum Gasteiger partial charge on any atom is 0.418 e. The van der Waals surface area contributed by atoms with Crippen LogP contribution in [-0.4, -0.2) is 19.5 Å². The Kier molecular flexibility index (Phi) is 4.16. The Morgan fingerprint density at radius 1 is 1.33 bits per heavy atom. The summed E-state index contributed by atoms with van der Waals surface area (Å²) >= 11 is 0. The molecule has 1 aromatic rings. The molecule has 0 saturated heterocycles. The topological polar surface area (TPSA) is 41.1 Å². The van der Waals surface area contributed by atoms with Gasteiger partial charge in [-0.2, -0.15) is 13.2 Å². The molecule has 21 heavy (non-hydrogen) atoms. The van der Waals surface area contributed by atoms with Crippen LogP contribution in [0.5, 0.6) is 0 Å². The van der Waals surface area contributed by atoms with E-state index >= 15 is 0 Å². The highest BCUT2D eigenvalue weighted by atomic mass is 19.4. The molecule has 116 valence electrons. The van der Waals surface area contributed by atoms with E-state index in [0.717, 1.165) is 25.3 Å². The lowest BCUT2D eigenvalue weighted by atomic mass is 10.0. The molecule has 0 radical (unpaired) electrons. The maximum atomic E-state index is 12.9. The van der Waals surface area contributed by atoms with Crippen LogP contribution in [0.25, 0.3) is 0 Å². The minimum atomic E-state index is -4.49. The number of hydrogen-bond donors (Lipinski definition) is 2. The molecular formula is C15H19F3N2O. The van der Waals surface area contributed by atoms with Crippen LogP contribution in [0, 0.1) is 5.41 Å². The van der Waals surface area contributed by atoms with Gasteiger partial charge in [0.05, 0.1) is 16.8 Å². The molecule has 1 aliphatic carbocycles. The van der Waals surface area contributed by atoms with Crippen LogP contribution in [0.15, 0.2) is 18.2 Å². The summed E-state index contributed by atoms with van der Waals surface area (Å²) in [6.07, 6.45) is -1.40. The third kappa shape index (κ3) is 3.31. The van der Waals surface area contributed by atoms with Gasteiger partial charge < -0.3 is 10.6 Å². The largest absolute Gasteiger partial charge is 0.418 e. The minimum absolute atomic E-state index is 0.0271. The van der Waals surface area contributed by atoms with Crippen LogP contribution < -0.4 is 10.6 Å². The number of carbonyl (C=O) groups is 1. The molecule has 1 saturated carbocycles. The van der Waals surface area contributed by atoms with E-state index in [9.17, 15) is 18.0 Å². The monoisotopic (exact) mass is 300 g/mol. The first-order chi connectivity index (χ1) is 9.83. The van der Waals surface area contributed by atoms with E-state index in [0.29, 0.717) is 6.54 Å². The minimum Gasteiger partial charge on any atom is -0.387 e. The third-order valence-electron chi connectivity index (χ3n) is 4.20. The van der Waals surface area contributed by atoms with Gasteiger partial charge in [-0.1, -0.05) is 13.0 Å². The lowest BCUT2D eigenvalue weighted by Crippen LogP contribution is -2.30. The third-order valence-corrected chi connectivity index (χ3v) is 4.20. The average Bonchev–Trinajstić information content (AvgIpc) is 3.23. The van der Waals surface area contributed by atoms with Crippen molar-refractivity contribution in [3.8, 4) is 0 Å². The summed E-state index contributed by atoms with van der Waals surface area (Å²) in [6.45, 7) is 2.57. The molecule has 1 amide bonds. The van der Waals surface area contributed by atoms with Crippen LogP contribution >= 0.6 is 0 Å². The van der Waals surface area contributed by atoms with Crippen molar-refractivity contribution in [3.63, 3.8) is 0 Å². The first-order valence-electron chi connectivity index (χ1n) is 6.99. The van der Waals surface area contributed by atoms with E-state index in [1.54, 1.807) is 0 Å². The molecule has 0 heterocycles. The lowest BCUT2D eigenvalue weighted by Gasteiger charge is -2.18. The number of hydrogen-bond acceptors (Lipinski definition) is 2. The first kappa shape index (κ1) is 15.7. The molecule has 0 aromatic heterocycles. The predicted octanol–water partition coefficient (Wildman–Crippen LogP) is 3.67. The van der Waals surface area contributed by atoms with E-state index in [-0.39, 0.29) is 16.7 Å². The zero-order chi connectivity index (χ0) is 15.7. The lowest BCUT2D eigenvalue weighted by molar-refractivity contribution is -0.136. The number of benzene rings is 1. The summed E-state index contributed by atoms with van der Waals surface area (Å²) in [7, 11) is 1.38. The number of para-hydroxylation sites is 1. The van der Waals surface area contributed by atoms with Crippen molar-refractivity contribution in [1.82, 2.24) is 5.32 Å². The zero-order valence-corrected chi connectivity index (χ0v) is 12.1. The van der Waals surface area contributed by atoms with E-state index in [2.05, 4.69) is 17.6 Å². The molecule has 1 fully saturated rings. The van der Waals surface area contributed by atoms with Crippen LogP contribution in [0.4, 0.5) is 18.9 Å². The Labute approximate surface area is 121 Å². The SMILES string of the molecule is CCC1(CNC(=O)c2cccc(C(F)(F)F)c2NC)CC1. The molecule has 0 unspecified atom stereocenters. The second-order valence-corrected chi connectivity index (χ2v) is 5.51. The predicted molar refractivity (Wildman–Crippen MR) is 75.3 cm³/mol. The molecular weight excluding hydrogens is 281 g/mol. The molecule has 6 heteroatoms. The fraction of sp³-hybridized carbons (Fsp3) is 0.533. The van der Waals surface area contributed by atoms with Gasteiger partial charge in [0.2, 0.25) is 0 Å². The number of amides is 1. The molecule has 0 atom stereocenters. The molecule has 0 aliphatic heterocycles. The van der Waals surface area contributed by atoms with Crippen LogP contribution in [0.1, 0.15) is 42.1 Å². The van der Waals surface area contributed by atoms with Crippen molar-refractivity contribution < 1.29 is 18.0 Å². The van der Waals surface area contributed by atoms with Gasteiger partial charge in [0.1, 0.15) is 0 Å². The molecule has 3 nitrogen and oxygen atoms in total. The van der Waals surface area contributed by atoms with Gasteiger partial charge in [-0.25, -0.2) is 0 Å². The van der Waals surface area contributed by atoms with E-state index in [4.69, 9.17) is 0 Å². The normalized spacial score (nSPS) is 16.4. The van der Waals surface area contributed by atoms with Gasteiger partial charge >= 0.3 is 6.18 Å². The maximum absolute atomic E-state index is 12.9. The van der Waals surface area contributed by atoms with Crippen LogP contribution in [0.3, 0.4) is 0 Å². The number of anilines is 1. The number of alkyl halides is 3. The summed E-state index contributed by atoms with van der Waals surface area (Å²) in [5.41, 5.74) is -0.825. The van der Waals surface area contributed by atoms with Gasteiger partial charge in [0.15, 0.2) is 0 Å². The summed E-state index contributed by atoms with van der Waals surface area (Å²) in [4.78, 5) is 12.2. The van der Waals surface area contributed by atoms with Gasteiger partial charge in [-0.15, -0.1) is 0 Å². The van der Waals surface area contributed by atoms with Crippen LogP contribution in [-0.2, 0) is 6.18 Å². The highest BCUT2D eigenvalue weighted by Gasteiger charge is 2.41. The Balaban J connectivity index is 2.20. The molecule has 1 aliphatic rings. The molecule has 0 bridgehead atoms. The van der Waals surface area contributed by atoms with Crippen molar-refractivity contribution in [3.05, 3.63) is 29.3 Å². The van der Waals surface area contributed by atoms with Crippen molar-refractivity contribution in [1.29, 1.82) is 0 Å². The summed E-state index contributed by atoms with van der Waals surface area (Å²) in [6, 6.07) is 3.63. The summed E-state index contributed by atoms with van der Waals surface area (Å²) in [5, 5.41) is 5.26.